The first kappa shape index (κ1) is 13.2. The molecular weight excluding hydrogens is 252 g/mol. The second-order valence-electron chi connectivity index (χ2n) is 4.27. The first-order valence-electron chi connectivity index (χ1n) is 5.72. The molecule has 1 aromatic heterocycles. The minimum Gasteiger partial charge on any atom is -0.345 e. The van der Waals surface area contributed by atoms with Gasteiger partial charge in [0, 0.05) is 24.4 Å². The van der Waals surface area contributed by atoms with Crippen LogP contribution in [-0.4, -0.2) is 15.7 Å². The third kappa shape index (κ3) is 2.96. The summed E-state index contributed by atoms with van der Waals surface area (Å²) in [6.07, 6.45) is 3.41. The molecule has 0 bridgehead atoms. The lowest BCUT2D eigenvalue weighted by molar-refractivity contribution is 0.0939. The topological polar surface area (TPSA) is 46.9 Å². The normalized spacial score (nSPS) is 12.2. The molecule has 4 nitrogen and oxygen atoms in total. The van der Waals surface area contributed by atoms with Crippen molar-refractivity contribution in [3.63, 3.8) is 0 Å². The van der Waals surface area contributed by atoms with E-state index in [1.807, 2.05) is 0 Å². The van der Waals surface area contributed by atoms with Gasteiger partial charge in [0.25, 0.3) is 5.91 Å². The molecule has 100 valence electrons. The van der Waals surface area contributed by atoms with Crippen molar-refractivity contribution in [1.29, 1.82) is 0 Å². The molecule has 1 amide bonds. The van der Waals surface area contributed by atoms with Gasteiger partial charge in [0.15, 0.2) is 11.6 Å². The Hall–Kier alpha value is -2.24. The van der Waals surface area contributed by atoms with Crippen molar-refractivity contribution in [2.75, 3.05) is 0 Å². The predicted molar refractivity (Wildman–Crippen MR) is 65.4 cm³/mol. The lowest BCUT2D eigenvalue weighted by atomic mass is 10.1. The number of carbonyl (C=O) groups is 1. The standard InChI is InChI=1S/C13H13F2N3O/c1-8(10-6-16-18(2)7-10)17-13(19)9-3-4-11(14)12(15)5-9/h3-8H,1-2H3,(H,17,19). The monoisotopic (exact) mass is 265 g/mol. The summed E-state index contributed by atoms with van der Waals surface area (Å²) in [5.74, 6) is -2.48. The molecular formula is C13H13F2N3O. The van der Waals surface area contributed by atoms with Gasteiger partial charge in [0.2, 0.25) is 0 Å². The second-order valence-corrected chi connectivity index (χ2v) is 4.27. The van der Waals surface area contributed by atoms with Crippen LogP contribution in [-0.2, 0) is 7.05 Å². The number of carbonyl (C=O) groups excluding carboxylic acids is 1. The van der Waals surface area contributed by atoms with Gasteiger partial charge >= 0.3 is 0 Å². The van der Waals surface area contributed by atoms with Gasteiger partial charge in [-0.3, -0.25) is 9.48 Å². The summed E-state index contributed by atoms with van der Waals surface area (Å²) in [6.45, 7) is 1.79. The fourth-order valence-electron chi connectivity index (χ4n) is 1.66. The van der Waals surface area contributed by atoms with Crippen LogP contribution in [0.2, 0.25) is 0 Å². The summed E-state index contributed by atoms with van der Waals surface area (Å²) in [5.41, 5.74) is 0.910. The highest BCUT2D eigenvalue weighted by Gasteiger charge is 2.14. The van der Waals surface area contributed by atoms with Crippen LogP contribution in [0.1, 0.15) is 28.9 Å². The van der Waals surface area contributed by atoms with E-state index in [0.29, 0.717) is 0 Å². The second kappa shape index (κ2) is 5.17. The maximum absolute atomic E-state index is 13.0. The predicted octanol–water partition coefficient (Wildman–Crippen LogP) is 2.19. The Bertz CT molecular complexity index is 610. The highest BCUT2D eigenvalue weighted by molar-refractivity contribution is 5.94. The van der Waals surface area contributed by atoms with Crippen LogP contribution in [0.4, 0.5) is 8.78 Å². The summed E-state index contributed by atoms with van der Waals surface area (Å²) in [5, 5.41) is 6.69. The van der Waals surface area contributed by atoms with Crippen molar-refractivity contribution >= 4 is 5.91 Å². The average molecular weight is 265 g/mol. The number of nitrogens with one attached hydrogen (secondary N) is 1. The van der Waals surface area contributed by atoms with Crippen LogP contribution >= 0.6 is 0 Å². The minimum absolute atomic E-state index is 0.0784. The summed E-state index contributed by atoms with van der Waals surface area (Å²) in [6, 6.07) is 2.78. The zero-order valence-corrected chi connectivity index (χ0v) is 10.5. The highest BCUT2D eigenvalue weighted by atomic mass is 19.2. The smallest absolute Gasteiger partial charge is 0.251 e. The zero-order chi connectivity index (χ0) is 14.0. The quantitative estimate of drug-likeness (QED) is 0.924. The fourth-order valence-corrected chi connectivity index (χ4v) is 1.66. The number of aromatic nitrogens is 2. The molecule has 6 heteroatoms. The minimum atomic E-state index is -1.04. The van der Waals surface area contributed by atoms with Crippen molar-refractivity contribution < 1.29 is 13.6 Å². The van der Waals surface area contributed by atoms with Crippen LogP contribution in [0.15, 0.2) is 30.6 Å². The van der Waals surface area contributed by atoms with Gasteiger partial charge < -0.3 is 5.32 Å². The number of aryl methyl sites for hydroxylation is 1. The summed E-state index contributed by atoms with van der Waals surface area (Å²) < 4.78 is 27.4. The van der Waals surface area contributed by atoms with Gasteiger partial charge in [0.05, 0.1) is 12.2 Å². The van der Waals surface area contributed by atoms with Gasteiger partial charge in [-0.25, -0.2) is 8.78 Å². The van der Waals surface area contributed by atoms with E-state index < -0.39 is 17.5 Å². The molecule has 0 aliphatic rings. The zero-order valence-electron chi connectivity index (χ0n) is 10.5. The Morgan fingerprint density at radius 2 is 2.11 bits per heavy atom. The SMILES string of the molecule is CC(NC(=O)c1ccc(F)c(F)c1)c1cnn(C)c1. The number of benzene rings is 1. The van der Waals surface area contributed by atoms with E-state index in [2.05, 4.69) is 10.4 Å². The number of nitrogens with zero attached hydrogens (tertiary/aromatic N) is 2. The van der Waals surface area contributed by atoms with Gasteiger partial charge in [-0.05, 0) is 25.1 Å². The molecule has 19 heavy (non-hydrogen) atoms. The third-order valence-corrected chi connectivity index (χ3v) is 2.75. The van der Waals surface area contributed by atoms with E-state index in [1.54, 1.807) is 31.0 Å². The molecule has 0 radical (unpaired) electrons. The molecule has 1 aromatic carbocycles. The van der Waals surface area contributed by atoms with E-state index in [0.717, 1.165) is 17.7 Å². The van der Waals surface area contributed by atoms with Crippen molar-refractivity contribution in [2.45, 2.75) is 13.0 Å². The fraction of sp³-hybridized carbons (Fsp3) is 0.231. The molecule has 0 aliphatic heterocycles. The number of hydrogen-bond donors (Lipinski definition) is 1. The van der Waals surface area contributed by atoms with Crippen LogP contribution in [0.3, 0.4) is 0 Å². The summed E-state index contributed by atoms with van der Waals surface area (Å²) in [7, 11) is 1.77. The first-order chi connectivity index (χ1) is 8.97. The van der Waals surface area contributed by atoms with Crippen molar-refractivity contribution in [3.05, 3.63) is 53.4 Å². The first-order valence-corrected chi connectivity index (χ1v) is 5.72. The van der Waals surface area contributed by atoms with Gasteiger partial charge in [-0.15, -0.1) is 0 Å². The van der Waals surface area contributed by atoms with Gasteiger partial charge in [0.1, 0.15) is 0 Å². The van der Waals surface area contributed by atoms with Crippen LogP contribution < -0.4 is 5.32 Å². The maximum atomic E-state index is 13.0. The van der Waals surface area contributed by atoms with E-state index in [-0.39, 0.29) is 11.6 Å². The van der Waals surface area contributed by atoms with Crippen LogP contribution in [0.5, 0.6) is 0 Å². The molecule has 2 aromatic rings. The average Bonchev–Trinajstić information content (AvgIpc) is 2.79. The highest BCUT2D eigenvalue weighted by Crippen LogP contribution is 2.13. The van der Waals surface area contributed by atoms with Crippen LogP contribution in [0, 0.1) is 11.6 Å². The molecule has 0 aliphatic carbocycles. The number of amides is 1. The van der Waals surface area contributed by atoms with E-state index in [4.69, 9.17) is 0 Å². The van der Waals surface area contributed by atoms with E-state index in [1.165, 1.54) is 6.07 Å². The molecule has 1 unspecified atom stereocenters. The number of hydrogen-bond acceptors (Lipinski definition) is 2. The number of rotatable bonds is 3. The van der Waals surface area contributed by atoms with Crippen molar-refractivity contribution in [2.24, 2.45) is 7.05 Å². The van der Waals surface area contributed by atoms with Crippen molar-refractivity contribution in [1.82, 2.24) is 15.1 Å². The summed E-state index contributed by atoms with van der Waals surface area (Å²) >= 11 is 0. The molecule has 2 rings (SSSR count). The van der Waals surface area contributed by atoms with Gasteiger partial charge in [-0.1, -0.05) is 0 Å². The molecule has 0 spiro atoms. The molecule has 1 atom stereocenters. The van der Waals surface area contributed by atoms with E-state index in [9.17, 15) is 13.6 Å². The summed E-state index contributed by atoms with van der Waals surface area (Å²) in [4.78, 5) is 11.9. The lowest BCUT2D eigenvalue weighted by Crippen LogP contribution is -2.26. The maximum Gasteiger partial charge on any atom is 0.251 e. The Kier molecular flexibility index (Phi) is 3.59. The van der Waals surface area contributed by atoms with Crippen molar-refractivity contribution in [3.8, 4) is 0 Å². The largest absolute Gasteiger partial charge is 0.345 e. The molecule has 1 heterocycles. The van der Waals surface area contributed by atoms with Crippen LogP contribution in [0.25, 0.3) is 0 Å². The molecule has 0 saturated carbocycles. The van der Waals surface area contributed by atoms with Gasteiger partial charge in [-0.2, -0.15) is 5.10 Å². The third-order valence-electron chi connectivity index (χ3n) is 2.75. The Morgan fingerprint density at radius 1 is 1.37 bits per heavy atom. The molecule has 0 saturated heterocycles. The van der Waals surface area contributed by atoms with E-state index >= 15 is 0 Å². The lowest BCUT2D eigenvalue weighted by Gasteiger charge is -2.12. The molecule has 1 N–H and O–H groups in total. The number of halogens is 2. The Morgan fingerprint density at radius 3 is 2.68 bits per heavy atom. The molecule has 0 fully saturated rings. The Balaban J connectivity index is 2.10. The Labute approximate surface area is 109 Å².